The summed E-state index contributed by atoms with van der Waals surface area (Å²) < 4.78 is 36.7. The van der Waals surface area contributed by atoms with Crippen molar-refractivity contribution < 1.29 is 13.2 Å². The van der Waals surface area contributed by atoms with Crippen LogP contribution in [0.4, 0.5) is 24.9 Å². The largest absolute Gasteiger partial charge is 0.391 e. The zero-order valence-corrected chi connectivity index (χ0v) is 9.41. The first-order chi connectivity index (χ1) is 8.35. The van der Waals surface area contributed by atoms with Gasteiger partial charge in [0, 0.05) is 6.04 Å². The van der Waals surface area contributed by atoms with Gasteiger partial charge in [-0.3, -0.25) is 5.10 Å². The van der Waals surface area contributed by atoms with Crippen molar-refractivity contribution in [3.8, 4) is 0 Å². The number of nitrogen functional groups attached to an aromatic ring is 1. The smallest absolute Gasteiger partial charge is 0.368 e. The maximum absolute atomic E-state index is 12.2. The normalized spacial score (nSPS) is 13.8. The molecule has 1 atom stereocenters. The molecule has 0 fully saturated rings. The fourth-order valence-corrected chi connectivity index (χ4v) is 1.59. The first-order valence-corrected chi connectivity index (χ1v) is 5.15. The lowest BCUT2D eigenvalue weighted by atomic mass is 10.2. The van der Waals surface area contributed by atoms with Crippen molar-refractivity contribution >= 4 is 22.8 Å². The van der Waals surface area contributed by atoms with Gasteiger partial charge in [0.15, 0.2) is 5.65 Å². The lowest BCUT2D eigenvalue weighted by molar-refractivity contribution is -0.136. The van der Waals surface area contributed by atoms with Crippen molar-refractivity contribution in [2.24, 2.45) is 0 Å². The van der Waals surface area contributed by atoms with Crippen molar-refractivity contribution in [1.29, 1.82) is 0 Å². The molecule has 0 aromatic carbocycles. The highest BCUT2D eigenvalue weighted by Gasteiger charge is 2.30. The summed E-state index contributed by atoms with van der Waals surface area (Å²) in [5.41, 5.74) is 5.83. The molecule has 2 aromatic rings. The lowest BCUT2D eigenvalue weighted by Crippen LogP contribution is -2.24. The molecule has 0 saturated carbocycles. The van der Waals surface area contributed by atoms with Gasteiger partial charge in [0.25, 0.3) is 0 Å². The number of fused-ring (bicyclic) bond motifs is 1. The molecule has 4 N–H and O–H groups in total. The van der Waals surface area contributed by atoms with E-state index in [1.807, 2.05) is 0 Å². The van der Waals surface area contributed by atoms with Crippen LogP contribution in [0.3, 0.4) is 0 Å². The molecule has 2 aromatic heterocycles. The highest BCUT2D eigenvalue weighted by Crippen LogP contribution is 2.25. The summed E-state index contributed by atoms with van der Waals surface area (Å²) >= 11 is 0. The summed E-state index contributed by atoms with van der Waals surface area (Å²) in [7, 11) is 0. The molecule has 0 spiro atoms. The SMILES string of the molecule is CC(CC(F)(F)F)Nc1nc(N)nc2[nH]ncc12. The van der Waals surface area contributed by atoms with Crippen LogP contribution in [-0.4, -0.2) is 32.4 Å². The van der Waals surface area contributed by atoms with E-state index in [9.17, 15) is 13.2 Å². The number of H-pyrrole nitrogens is 1. The predicted molar refractivity (Wildman–Crippen MR) is 59.9 cm³/mol. The lowest BCUT2D eigenvalue weighted by Gasteiger charge is -2.16. The number of hydrogen-bond acceptors (Lipinski definition) is 5. The molecule has 6 nitrogen and oxygen atoms in total. The minimum absolute atomic E-state index is 0.0338. The van der Waals surface area contributed by atoms with E-state index in [2.05, 4.69) is 25.5 Å². The predicted octanol–water partition coefficient (Wildman–Crippen LogP) is 1.69. The van der Waals surface area contributed by atoms with Gasteiger partial charge in [-0.2, -0.15) is 28.2 Å². The molecule has 0 bridgehead atoms. The summed E-state index contributed by atoms with van der Waals surface area (Å²) in [6, 6.07) is -0.822. The number of nitrogens with one attached hydrogen (secondary N) is 2. The van der Waals surface area contributed by atoms with Crippen LogP contribution >= 0.6 is 0 Å². The minimum atomic E-state index is -4.24. The van der Waals surface area contributed by atoms with Gasteiger partial charge < -0.3 is 11.1 Å². The van der Waals surface area contributed by atoms with Crippen LogP contribution in [0.25, 0.3) is 11.0 Å². The van der Waals surface area contributed by atoms with Crippen molar-refractivity contribution in [3.05, 3.63) is 6.20 Å². The van der Waals surface area contributed by atoms with Gasteiger partial charge in [0.1, 0.15) is 5.82 Å². The third-order valence-electron chi connectivity index (χ3n) is 2.25. The molecule has 0 aliphatic rings. The van der Waals surface area contributed by atoms with Crippen LogP contribution in [0, 0.1) is 0 Å². The Balaban J connectivity index is 2.23. The molecule has 2 rings (SSSR count). The second kappa shape index (κ2) is 4.31. The van der Waals surface area contributed by atoms with E-state index in [4.69, 9.17) is 5.73 Å². The summed E-state index contributed by atoms with van der Waals surface area (Å²) in [6.45, 7) is 1.41. The molecule has 2 heterocycles. The van der Waals surface area contributed by atoms with Gasteiger partial charge in [-0.05, 0) is 6.92 Å². The highest BCUT2D eigenvalue weighted by molar-refractivity contribution is 5.86. The third-order valence-corrected chi connectivity index (χ3v) is 2.25. The van der Waals surface area contributed by atoms with Gasteiger partial charge in [0.2, 0.25) is 5.95 Å². The Labute approximate surface area is 99.8 Å². The molecule has 18 heavy (non-hydrogen) atoms. The monoisotopic (exact) mass is 260 g/mol. The molecular weight excluding hydrogens is 249 g/mol. The Hall–Kier alpha value is -2.06. The fourth-order valence-electron chi connectivity index (χ4n) is 1.59. The van der Waals surface area contributed by atoms with Crippen molar-refractivity contribution in [3.63, 3.8) is 0 Å². The number of aromatic amines is 1. The summed E-state index contributed by atoms with van der Waals surface area (Å²) in [5.74, 6) is 0.205. The van der Waals surface area contributed by atoms with Crippen LogP contribution < -0.4 is 11.1 Å². The zero-order valence-electron chi connectivity index (χ0n) is 9.41. The maximum atomic E-state index is 12.2. The van der Waals surface area contributed by atoms with E-state index in [0.717, 1.165) is 0 Å². The number of aromatic nitrogens is 4. The zero-order chi connectivity index (χ0) is 13.3. The first-order valence-electron chi connectivity index (χ1n) is 5.15. The molecule has 0 saturated heterocycles. The summed E-state index contributed by atoms with van der Waals surface area (Å²) in [5, 5.41) is 9.47. The van der Waals surface area contributed by atoms with Crippen molar-refractivity contribution in [2.45, 2.75) is 25.6 Å². The Kier molecular flexibility index (Phi) is 2.97. The van der Waals surface area contributed by atoms with Crippen LogP contribution in [0.2, 0.25) is 0 Å². The molecule has 0 aliphatic heterocycles. The van der Waals surface area contributed by atoms with E-state index >= 15 is 0 Å². The first kappa shape index (κ1) is 12.4. The van der Waals surface area contributed by atoms with Crippen LogP contribution in [0.5, 0.6) is 0 Å². The Morgan fingerprint density at radius 3 is 2.83 bits per heavy atom. The number of rotatable bonds is 3. The molecule has 98 valence electrons. The van der Waals surface area contributed by atoms with Crippen molar-refractivity contribution in [1.82, 2.24) is 20.2 Å². The van der Waals surface area contributed by atoms with Crippen molar-refractivity contribution in [2.75, 3.05) is 11.1 Å². The molecule has 9 heteroatoms. The van der Waals surface area contributed by atoms with Gasteiger partial charge in [-0.1, -0.05) is 0 Å². The van der Waals surface area contributed by atoms with Crippen LogP contribution in [0.1, 0.15) is 13.3 Å². The Morgan fingerprint density at radius 1 is 1.44 bits per heavy atom. The standard InChI is InChI=1S/C9H11F3N6/c1-4(2-9(10,11)12)15-6-5-3-14-18-7(5)17-8(13)16-6/h3-4H,2H2,1H3,(H4,13,14,15,16,17,18). The van der Waals surface area contributed by atoms with E-state index in [0.29, 0.717) is 11.0 Å². The van der Waals surface area contributed by atoms with E-state index in [-0.39, 0.29) is 11.8 Å². The molecule has 1 unspecified atom stereocenters. The van der Waals surface area contributed by atoms with Crippen LogP contribution in [-0.2, 0) is 0 Å². The third kappa shape index (κ3) is 2.79. The van der Waals surface area contributed by atoms with Gasteiger partial charge in [0.05, 0.1) is 18.0 Å². The second-order valence-electron chi connectivity index (χ2n) is 3.93. The average Bonchev–Trinajstić information content (AvgIpc) is 2.61. The number of anilines is 2. The second-order valence-corrected chi connectivity index (χ2v) is 3.93. The number of alkyl halides is 3. The van der Waals surface area contributed by atoms with E-state index in [1.54, 1.807) is 0 Å². The van der Waals surface area contributed by atoms with Gasteiger partial charge in [-0.25, -0.2) is 0 Å². The molecular formula is C9H11F3N6. The Bertz CT molecular complexity index is 549. The topological polar surface area (TPSA) is 92.5 Å². The van der Waals surface area contributed by atoms with E-state index < -0.39 is 18.6 Å². The molecule has 0 aliphatic carbocycles. The van der Waals surface area contributed by atoms with E-state index in [1.165, 1.54) is 13.1 Å². The summed E-state index contributed by atoms with van der Waals surface area (Å²) in [4.78, 5) is 7.74. The van der Waals surface area contributed by atoms with Gasteiger partial charge in [-0.15, -0.1) is 0 Å². The van der Waals surface area contributed by atoms with Gasteiger partial charge >= 0.3 is 6.18 Å². The quantitative estimate of drug-likeness (QED) is 0.780. The maximum Gasteiger partial charge on any atom is 0.391 e. The summed E-state index contributed by atoms with van der Waals surface area (Å²) in [6.07, 6.45) is -3.77. The highest BCUT2D eigenvalue weighted by atomic mass is 19.4. The van der Waals surface area contributed by atoms with Crippen LogP contribution in [0.15, 0.2) is 6.20 Å². The Morgan fingerprint density at radius 2 is 2.17 bits per heavy atom. The molecule has 0 amide bonds. The molecule has 0 radical (unpaired) electrons. The minimum Gasteiger partial charge on any atom is -0.368 e. The number of halogens is 3. The average molecular weight is 260 g/mol. The number of nitrogens with two attached hydrogens (primary N) is 1. The number of nitrogens with zero attached hydrogens (tertiary/aromatic N) is 3. The number of hydrogen-bond donors (Lipinski definition) is 3. The fraction of sp³-hybridized carbons (Fsp3) is 0.444.